The molecular formula is C20H25NO4. The minimum absolute atomic E-state index is 0.228. The Labute approximate surface area is 148 Å². The van der Waals surface area contributed by atoms with Crippen LogP contribution in [0.2, 0.25) is 0 Å². The number of rotatable bonds is 7. The van der Waals surface area contributed by atoms with Crippen molar-refractivity contribution in [2.24, 2.45) is 0 Å². The van der Waals surface area contributed by atoms with Crippen LogP contribution in [0.15, 0.2) is 36.4 Å². The van der Waals surface area contributed by atoms with Gasteiger partial charge in [-0.3, -0.25) is 4.79 Å². The molecule has 0 radical (unpaired) electrons. The van der Waals surface area contributed by atoms with E-state index in [0.717, 1.165) is 11.1 Å². The second-order valence-corrected chi connectivity index (χ2v) is 5.84. The largest absolute Gasteiger partial charge is 0.497 e. The molecule has 0 heterocycles. The van der Waals surface area contributed by atoms with Crippen LogP contribution in [0.3, 0.4) is 0 Å². The SMILES string of the molecule is CC[C@@H](Oc1ccc(C)cc1C)C(=O)Nc1cc(OC)ccc1OC. The molecule has 0 saturated heterocycles. The van der Waals surface area contributed by atoms with Crippen molar-refractivity contribution in [3.8, 4) is 17.2 Å². The maximum Gasteiger partial charge on any atom is 0.265 e. The molecule has 2 rings (SSSR count). The summed E-state index contributed by atoms with van der Waals surface area (Å²) in [6.07, 6.45) is -0.0527. The molecule has 2 aromatic rings. The fourth-order valence-corrected chi connectivity index (χ4v) is 2.53. The summed E-state index contributed by atoms with van der Waals surface area (Å²) in [4.78, 5) is 12.7. The first kappa shape index (κ1) is 18.6. The number of methoxy groups -OCH3 is 2. The zero-order valence-corrected chi connectivity index (χ0v) is 15.4. The van der Waals surface area contributed by atoms with Gasteiger partial charge in [-0.05, 0) is 44.0 Å². The molecule has 0 bridgehead atoms. The molecule has 1 amide bonds. The highest BCUT2D eigenvalue weighted by Crippen LogP contribution is 2.29. The van der Waals surface area contributed by atoms with Gasteiger partial charge in [0.1, 0.15) is 17.2 Å². The fourth-order valence-electron chi connectivity index (χ4n) is 2.53. The monoisotopic (exact) mass is 343 g/mol. The number of anilines is 1. The second kappa shape index (κ2) is 8.42. The van der Waals surface area contributed by atoms with Gasteiger partial charge in [0.05, 0.1) is 19.9 Å². The molecule has 0 spiro atoms. The van der Waals surface area contributed by atoms with Gasteiger partial charge in [-0.1, -0.05) is 24.6 Å². The van der Waals surface area contributed by atoms with Crippen LogP contribution in [0.5, 0.6) is 17.2 Å². The summed E-state index contributed by atoms with van der Waals surface area (Å²) in [5.74, 6) is 1.69. The lowest BCUT2D eigenvalue weighted by molar-refractivity contribution is -0.122. The predicted molar refractivity (Wildman–Crippen MR) is 98.8 cm³/mol. The summed E-state index contributed by atoms with van der Waals surface area (Å²) in [6, 6.07) is 11.1. The van der Waals surface area contributed by atoms with Crippen LogP contribution in [-0.4, -0.2) is 26.2 Å². The minimum atomic E-state index is -0.600. The number of benzene rings is 2. The molecule has 5 nitrogen and oxygen atoms in total. The molecule has 1 N–H and O–H groups in total. The van der Waals surface area contributed by atoms with Crippen LogP contribution in [0.1, 0.15) is 24.5 Å². The number of carbonyl (C=O) groups is 1. The smallest absolute Gasteiger partial charge is 0.265 e. The number of hydrogen-bond acceptors (Lipinski definition) is 4. The van der Waals surface area contributed by atoms with Crippen molar-refractivity contribution in [1.29, 1.82) is 0 Å². The Kier molecular flexibility index (Phi) is 6.28. The molecule has 1 atom stereocenters. The Bertz CT molecular complexity index is 742. The first-order valence-corrected chi connectivity index (χ1v) is 8.25. The van der Waals surface area contributed by atoms with Crippen molar-refractivity contribution >= 4 is 11.6 Å². The Morgan fingerprint density at radius 2 is 1.76 bits per heavy atom. The summed E-state index contributed by atoms with van der Waals surface area (Å²) >= 11 is 0. The van der Waals surface area contributed by atoms with Crippen LogP contribution < -0.4 is 19.5 Å². The van der Waals surface area contributed by atoms with E-state index in [2.05, 4.69) is 5.32 Å². The van der Waals surface area contributed by atoms with Gasteiger partial charge in [0, 0.05) is 6.07 Å². The number of nitrogens with one attached hydrogen (secondary N) is 1. The van der Waals surface area contributed by atoms with Gasteiger partial charge < -0.3 is 19.5 Å². The third-order valence-electron chi connectivity index (χ3n) is 3.93. The number of aryl methyl sites for hydroxylation is 2. The van der Waals surface area contributed by atoms with E-state index in [1.165, 1.54) is 0 Å². The van der Waals surface area contributed by atoms with Crippen LogP contribution in [0, 0.1) is 13.8 Å². The molecule has 134 valence electrons. The summed E-state index contributed by atoms with van der Waals surface area (Å²) in [6.45, 7) is 5.91. The van der Waals surface area contributed by atoms with E-state index in [0.29, 0.717) is 29.4 Å². The minimum Gasteiger partial charge on any atom is -0.497 e. The van der Waals surface area contributed by atoms with E-state index in [-0.39, 0.29) is 5.91 Å². The maximum absolute atomic E-state index is 12.7. The van der Waals surface area contributed by atoms with Gasteiger partial charge in [0.25, 0.3) is 5.91 Å². The highest BCUT2D eigenvalue weighted by molar-refractivity contribution is 5.95. The Hall–Kier alpha value is -2.69. The second-order valence-electron chi connectivity index (χ2n) is 5.84. The van der Waals surface area contributed by atoms with Gasteiger partial charge >= 0.3 is 0 Å². The van der Waals surface area contributed by atoms with Gasteiger partial charge in [0.2, 0.25) is 0 Å². The summed E-state index contributed by atoms with van der Waals surface area (Å²) in [5.41, 5.74) is 2.71. The molecule has 25 heavy (non-hydrogen) atoms. The summed E-state index contributed by atoms with van der Waals surface area (Å²) < 4.78 is 16.4. The van der Waals surface area contributed by atoms with Gasteiger partial charge in [-0.2, -0.15) is 0 Å². The van der Waals surface area contributed by atoms with Crippen molar-refractivity contribution in [3.63, 3.8) is 0 Å². The molecule has 2 aromatic carbocycles. The van der Waals surface area contributed by atoms with E-state index in [9.17, 15) is 4.79 Å². The molecule has 0 unspecified atom stereocenters. The fraction of sp³-hybridized carbons (Fsp3) is 0.350. The molecule has 0 aliphatic heterocycles. The molecule has 5 heteroatoms. The highest BCUT2D eigenvalue weighted by atomic mass is 16.5. The number of amides is 1. The molecule has 0 aliphatic rings. The zero-order valence-electron chi connectivity index (χ0n) is 15.4. The Morgan fingerprint density at radius 3 is 2.36 bits per heavy atom. The number of carbonyl (C=O) groups excluding carboxylic acids is 1. The molecular weight excluding hydrogens is 318 g/mol. The average molecular weight is 343 g/mol. The summed E-state index contributed by atoms with van der Waals surface area (Å²) in [7, 11) is 3.13. The normalized spacial score (nSPS) is 11.6. The van der Waals surface area contributed by atoms with Crippen LogP contribution >= 0.6 is 0 Å². The lowest BCUT2D eigenvalue weighted by Gasteiger charge is -2.20. The quantitative estimate of drug-likeness (QED) is 0.822. The first-order chi connectivity index (χ1) is 12.0. The summed E-state index contributed by atoms with van der Waals surface area (Å²) in [5, 5.41) is 2.87. The van der Waals surface area contributed by atoms with E-state index >= 15 is 0 Å². The lowest BCUT2D eigenvalue weighted by Crippen LogP contribution is -2.32. The van der Waals surface area contributed by atoms with Gasteiger partial charge in [0.15, 0.2) is 6.10 Å². The third-order valence-corrected chi connectivity index (χ3v) is 3.93. The van der Waals surface area contributed by atoms with Crippen molar-refractivity contribution in [1.82, 2.24) is 0 Å². The van der Waals surface area contributed by atoms with E-state index in [1.807, 2.05) is 39.0 Å². The van der Waals surface area contributed by atoms with E-state index < -0.39 is 6.10 Å². The third kappa shape index (κ3) is 4.66. The predicted octanol–water partition coefficient (Wildman–Crippen LogP) is 4.12. The van der Waals surface area contributed by atoms with Gasteiger partial charge in [-0.15, -0.1) is 0 Å². The van der Waals surface area contributed by atoms with Gasteiger partial charge in [-0.25, -0.2) is 0 Å². The first-order valence-electron chi connectivity index (χ1n) is 8.25. The number of hydrogen-bond donors (Lipinski definition) is 1. The van der Waals surface area contributed by atoms with Crippen molar-refractivity contribution in [3.05, 3.63) is 47.5 Å². The number of ether oxygens (including phenoxy) is 3. The average Bonchev–Trinajstić information content (AvgIpc) is 2.60. The van der Waals surface area contributed by atoms with E-state index in [4.69, 9.17) is 14.2 Å². The Morgan fingerprint density at radius 1 is 1.04 bits per heavy atom. The van der Waals surface area contributed by atoms with E-state index in [1.54, 1.807) is 32.4 Å². The highest BCUT2D eigenvalue weighted by Gasteiger charge is 2.21. The zero-order chi connectivity index (χ0) is 18.4. The van der Waals surface area contributed by atoms with Crippen LogP contribution in [0.25, 0.3) is 0 Å². The topological polar surface area (TPSA) is 56.8 Å². The Balaban J connectivity index is 2.17. The van der Waals surface area contributed by atoms with Crippen molar-refractivity contribution in [2.75, 3.05) is 19.5 Å². The van der Waals surface area contributed by atoms with Crippen LogP contribution in [-0.2, 0) is 4.79 Å². The van der Waals surface area contributed by atoms with Crippen LogP contribution in [0.4, 0.5) is 5.69 Å². The maximum atomic E-state index is 12.7. The van der Waals surface area contributed by atoms with Crippen molar-refractivity contribution in [2.45, 2.75) is 33.3 Å². The lowest BCUT2D eigenvalue weighted by atomic mass is 10.1. The van der Waals surface area contributed by atoms with Crippen molar-refractivity contribution < 1.29 is 19.0 Å². The standard InChI is InChI=1S/C20H25NO4/c1-6-17(25-18-9-7-13(2)11-14(18)3)20(22)21-16-12-15(23-4)8-10-19(16)24-5/h7-12,17H,6H2,1-5H3,(H,21,22)/t17-/m1/s1. The molecule has 0 fully saturated rings. The molecule has 0 aliphatic carbocycles. The molecule has 0 aromatic heterocycles. The molecule has 0 saturated carbocycles.